The van der Waals surface area contributed by atoms with Gasteiger partial charge in [-0.15, -0.1) is 0 Å². The van der Waals surface area contributed by atoms with Gasteiger partial charge in [-0.1, -0.05) is 18.2 Å². The fraction of sp³-hybridized carbons (Fsp3) is 0.176. The van der Waals surface area contributed by atoms with E-state index < -0.39 is 5.97 Å². The first kappa shape index (κ1) is 14.9. The fourth-order valence-corrected chi connectivity index (χ4v) is 2.45. The molecule has 0 spiro atoms. The number of esters is 1. The van der Waals surface area contributed by atoms with Crippen LogP contribution in [0.3, 0.4) is 0 Å². The number of aromatic hydroxyl groups is 1. The van der Waals surface area contributed by atoms with Gasteiger partial charge in [0.15, 0.2) is 5.75 Å². The van der Waals surface area contributed by atoms with Gasteiger partial charge in [0.2, 0.25) is 5.91 Å². The number of ether oxygens (including phenoxy) is 1. The number of hydrogen-bond acceptors (Lipinski definition) is 5. The zero-order chi connectivity index (χ0) is 16.4. The lowest BCUT2D eigenvalue weighted by atomic mass is 10.2. The predicted molar refractivity (Wildman–Crippen MR) is 85.8 cm³/mol. The van der Waals surface area contributed by atoms with Crippen LogP contribution in [0.1, 0.15) is 5.56 Å². The molecule has 1 heterocycles. The monoisotopic (exact) mass is 312 g/mol. The normalized spacial score (nSPS) is 13.3. The van der Waals surface area contributed by atoms with Crippen molar-refractivity contribution in [3.05, 3.63) is 48.0 Å². The lowest BCUT2D eigenvalue weighted by Gasteiger charge is -2.29. The highest BCUT2D eigenvalue weighted by molar-refractivity contribution is 5.97. The number of aryl methyl sites for hydroxylation is 1. The van der Waals surface area contributed by atoms with E-state index in [4.69, 9.17) is 4.74 Å². The molecule has 0 saturated heterocycles. The Morgan fingerprint density at radius 1 is 1.30 bits per heavy atom. The third kappa shape index (κ3) is 3.26. The summed E-state index contributed by atoms with van der Waals surface area (Å²) in [6.45, 7) is 1.86. The Balaban J connectivity index is 1.75. The van der Waals surface area contributed by atoms with Crippen LogP contribution in [-0.2, 0) is 9.59 Å². The average Bonchev–Trinajstić information content (AvgIpc) is 2.50. The summed E-state index contributed by atoms with van der Waals surface area (Å²) in [5.41, 5.74) is 1.96. The number of fused-ring (bicyclic) bond motifs is 1. The summed E-state index contributed by atoms with van der Waals surface area (Å²) in [6.07, 6.45) is 0. The van der Waals surface area contributed by atoms with Crippen LogP contribution in [0.5, 0.6) is 11.5 Å². The average molecular weight is 312 g/mol. The highest BCUT2D eigenvalue weighted by Gasteiger charge is 2.25. The third-order valence-electron chi connectivity index (χ3n) is 3.51. The number of benzene rings is 2. The second-order valence-corrected chi connectivity index (χ2v) is 5.37. The molecule has 2 aromatic carbocycles. The molecule has 0 aromatic heterocycles. The number of carbonyl (C=O) groups excluding carboxylic acids is 2. The van der Waals surface area contributed by atoms with E-state index in [0.29, 0.717) is 17.1 Å². The van der Waals surface area contributed by atoms with Crippen LogP contribution in [0.15, 0.2) is 42.5 Å². The number of nitrogens with zero attached hydrogens (tertiary/aromatic N) is 1. The van der Waals surface area contributed by atoms with Gasteiger partial charge in [-0.3, -0.25) is 4.79 Å². The summed E-state index contributed by atoms with van der Waals surface area (Å²) in [7, 11) is 0. The van der Waals surface area contributed by atoms with Crippen LogP contribution in [-0.4, -0.2) is 30.1 Å². The van der Waals surface area contributed by atoms with Crippen LogP contribution >= 0.6 is 0 Å². The molecule has 1 amide bonds. The van der Waals surface area contributed by atoms with E-state index in [9.17, 15) is 14.7 Å². The number of phenolic OH excluding ortho intramolecular Hbond substituents is 1. The Morgan fingerprint density at radius 3 is 2.91 bits per heavy atom. The molecule has 0 fully saturated rings. The highest BCUT2D eigenvalue weighted by atomic mass is 16.5. The molecule has 0 radical (unpaired) electrons. The number of anilines is 2. The van der Waals surface area contributed by atoms with Gasteiger partial charge >= 0.3 is 5.97 Å². The molecule has 23 heavy (non-hydrogen) atoms. The van der Waals surface area contributed by atoms with Crippen molar-refractivity contribution in [2.75, 3.05) is 23.3 Å². The number of hydrogen-bond donors (Lipinski definition) is 2. The molecule has 0 saturated carbocycles. The number of amides is 1. The first-order chi connectivity index (χ1) is 11.0. The minimum atomic E-state index is -0.407. The van der Waals surface area contributed by atoms with Gasteiger partial charge < -0.3 is 20.1 Å². The molecule has 0 atom stereocenters. The Bertz CT molecular complexity index is 773. The van der Waals surface area contributed by atoms with Crippen molar-refractivity contribution in [1.82, 2.24) is 0 Å². The minimum Gasteiger partial charge on any atom is -0.506 e. The van der Waals surface area contributed by atoms with Crippen LogP contribution < -0.4 is 15.0 Å². The summed E-state index contributed by atoms with van der Waals surface area (Å²) in [5, 5.41) is 12.4. The molecule has 0 unspecified atom stereocenters. The molecule has 6 nitrogen and oxygen atoms in total. The van der Waals surface area contributed by atoms with E-state index in [1.54, 1.807) is 35.2 Å². The minimum absolute atomic E-state index is 0.00223. The van der Waals surface area contributed by atoms with Crippen molar-refractivity contribution in [2.45, 2.75) is 6.92 Å². The van der Waals surface area contributed by atoms with Crippen LogP contribution in [0.2, 0.25) is 0 Å². The lowest BCUT2D eigenvalue weighted by molar-refractivity contribution is -0.133. The maximum absolute atomic E-state index is 12.2. The van der Waals surface area contributed by atoms with Crippen molar-refractivity contribution in [3.8, 4) is 11.5 Å². The maximum Gasteiger partial charge on any atom is 0.331 e. The second kappa shape index (κ2) is 6.00. The zero-order valence-corrected chi connectivity index (χ0v) is 12.6. The molecule has 2 N–H and O–H groups in total. The van der Waals surface area contributed by atoms with Gasteiger partial charge in [0.1, 0.15) is 12.3 Å². The maximum atomic E-state index is 12.2. The second-order valence-electron chi connectivity index (χ2n) is 5.37. The predicted octanol–water partition coefficient (Wildman–Crippen LogP) is 2.06. The first-order valence-electron chi connectivity index (χ1n) is 7.17. The van der Waals surface area contributed by atoms with E-state index in [2.05, 4.69) is 5.32 Å². The number of carbonyl (C=O) groups is 2. The SMILES string of the molecule is Cc1ccc(O)c(NC(=O)CN2CC(=O)Oc3ccccc32)c1. The smallest absolute Gasteiger partial charge is 0.331 e. The summed E-state index contributed by atoms with van der Waals surface area (Å²) >= 11 is 0. The summed E-state index contributed by atoms with van der Waals surface area (Å²) < 4.78 is 5.14. The number of nitrogens with one attached hydrogen (secondary N) is 1. The van der Waals surface area contributed by atoms with Gasteiger partial charge in [0.05, 0.1) is 17.9 Å². The van der Waals surface area contributed by atoms with Gasteiger partial charge in [-0.05, 0) is 36.8 Å². The van der Waals surface area contributed by atoms with Crippen molar-refractivity contribution < 1.29 is 19.4 Å². The fourth-order valence-electron chi connectivity index (χ4n) is 2.45. The zero-order valence-electron chi connectivity index (χ0n) is 12.6. The molecular formula is C17H16N2O4. The molecular weight excluding hydrogens is 296 g/mol. The van der Waals surface area contributed by atoms with Gasteiger partial charge in [0.25, 0.3) is 0 Å². The standard InChI is InChI=1S/C17H16N2O4/c1-11-6-7-14(20)12(8-11)18-16(21)9-19-10-17(22)23-15-5-3-2-4-13(15)19/h2-8,20H,9-10H2,1H3,(H,18,21). The quantitative estimate of drug-likeness (QED) is 0.515. The van der Waals surface area contributed by atoms with Crippen LogP contribution in [0, 0.1) is 6.92 Å². The summed E-state index contributed by atoms with van der Waals surface area (Å²) in [4.78, 5) is 25.5. The Hall–Kier alpha value is -3.02. The van der Waals surface area contributed by atoms with E-state index in [1.807, 2.05) is 13.0 Å². The van der Waals surface area contributed by atoms with Crippen molar-refractivity contribution in [3.63, 3.8) is 0 Å². The summed E-state index contributed by atoms with van der Waals surface area (Å²) in [6, 6.07) is 12.0. The molecule has 0 bridgehead atoms. The van der Waals surface area contributed by atoms with E-state index in [-0.39, 0.29) is 24.7 Å². The van der Waals surface area contributed by atoms with Crippen LogP contribution in [0.4, 0.5) is 11.4 Å². The van der Waals surface area contributed by atoms with Crippen molar-refractivity contribution >= 4 is 23.3 Å². The molecule has 1 aliphatic heterocycles. The van der Waals surface area contributed by atoms with Gasteiger partial charge in [-0.2, -0.15) is 0 Å². The number of rotatable bonds is 3. The Morgan fingerprint density at radius 2 is 2.09 bits per heavy atom. The first-order valence-corrected chi connectivity index (χ1v) is 7.17. The topological polar surface area (TPSA) is 78.9 Å². The summed E-state index contributed by atoms with van der Waals surface area (Å²) in [5.74, 6) is -0.289. The van der Waals surface area contributed by atoms with E-state index in [1.165, 1.54) is 6.07 Å². The molecule has 1 aliphatic rings. The van der Waals surface area contributed by atoms with Crippen molar-refractivity contribution in [2.24, 2.45) is 0 Å². The van der Waals surface area contributed by atoms with E-state index >= 15 is 0 Å². The molecule has 3 rings (SSSR count). The molecule has 6 heteroatoms. The molecule has 0 aliphatic carbocycles. The number of para-hydroxylation sites is 2. The Labute approximate surface area is 133 Å². The van der Waals surface area contributed by atoms with Gasteiger partial charge in [-0.25, -0.2) is 4.79 Å². The van der Waals surface area contributed by atoms with Gasteiger partial charge in [0, 0.05) is 0 Å². The molecule has 2 aromatic rings. The number of phenols is 1. The Kier molecular flexibility index (Phi) is 3.89. The molecule has 118 valence electrons. The lowest BCUT2D eigenvalue weighted by Crippen LogP contribution is -2.41. The highest BCUT2D eigenvalue weighted by Crippen LogP contribution is 2.31. The van der Waals surface area contributed by atoms with E-state index in [0.717, 1.165) is 5.56 Å². The third-order valence-corrected chi connectivity index (χ3v) is 3.51. The van der Waals surface area contributed by atoms with Crippen molar-refractivity contribution in [1.29, 1.82) is 0 Å². The largest absolute Gasteiger partial charge is 0.506 e. The van der Waals surface area contributed by atoms with Crippen LogP contribution in [0.25, 0.3) is 0 Å².